The second-order valence-corrected chi connectivity index (χ2v) is 14.4. The molecule has 266 valence electrons. The van der Waals surface area contributed by atoms with Crippen LogP contribution >= 0.6 is 0 Å². The molecular weight excluding hydrogens is 699 g/mol. The lowest BCUT2D eigenvalue weighted by Gasteiger charge is -2.12. The summed E-state index contributed by atoms with van der Waals surface area (Å²) in [7, 11) is 0. The van der Waals surface area contributed by atoms with Crippen LogP contribution < -0.4 is 0 Å². The van der Waals surface area contributed by atoms with E-state index in [1.807, 2.05) is 54.6 Å². The maximum atomic E-state index is 6.31. The fourth-order valence-electron chi connectivity index (χ4n) is 8.62. The Morgan fingerprint density at radius 2 is 0.965 bits per heavy atom. The van der Waals surface area contributed by atoms with Crippen LogP contribution in [-0.4, -0.2) is 24.1 Å². The number of hydrogen-bond acceptors (Lipinski definition) is 4. The van der Waals surface area contributed by atoms with Crippen LogP contribution in [0.15, 0.2) is 192 Å². The highest BCUT2D eigenvalue weighted by Gasteiger charge is 2.23. The Labute approximate surface area is 326 Å². The van der Waals surface area contributed by atoms with Gasteiger partial charge in [0.2, 0.25) is 5.95 Å². The van der Waals surface area contributed by atoms with E-state index in [-0.39, 0.29) is 0 Å². The number of rotatable bonds is 5. The standard InChI is InChI=1S/C51H31N5O/c1-3-14-32(15-4-1)34-18-13-19-36(30-34)55-42-23-10-7-20-37(42)40-28-29-44-47(48(40)55)41-22-8-11-24-43(41)56(44)51-53-49(33-16-5-2-6-17-33)52-50(54-51)35-26-27-39-38-21-9-12-25-45(38)57-46(39)31-35/h1-31H. The Bertz CT molecular complexity index is 3520. The van der Waals surface area contributed by atoms with Crippen molar-refractivity contribution >= 4 is 65.6 Å². The molecule has 0 aliphatic heterocycles. The first-order valence-electron chi connectivity index (χ1n) is 19.1. The highest BCUT2D eigenvalue weighted by atomic mass is 16.3. The first kappa shape index (κ1) is 31.5. The van der Waals surface area contributed by atoms with Crippen molar-refractivity contribution in [2.45, 2.75) is 0 Å². The van der Waals surface area contributed by atoms with Crippen LogP contribution in [0.1, 0.15) is 0 Å². The van der Waals surface area contributed by atoms with Crippen molar-refractivity contribution in [3.8, 4) is 45.5 Å². The summed E-state index contributed by atoms with van der Waals surface area (Å²) in [6.45, 7) is 0. The molecule has 0 aliphatic rings. The highest BCUT2D eigenvalue weighted by molar-refractivity contribution is 6.26. The van der Waals surface area contributed by atoms with Crippen molar-refractivity contribution in [3.05, 3.63) is 188 Å². The minimum atomic E-state index is 0.544. The highest BCUT2D eigenvalue weighted by Crippen LogP contribution is 2.42. The Kier molecular flexibility index (Phi) is 6.83. The molecule has 0 spiro atoms. The van der Waals surface area contributed by atoms with Crippen LogP contribution in [0.3, 0.4) is 0 Å². The molecule has 0 saturated carbocycles. The quantitative estimate of drug-likeness (QED) is 0.177. The van der Waals surface area contributed by atoms with Crippen molar-refractivity contribution in [3.63, 3.8) is 0 Å². The van der Waals surface area contributed by atoms with Gasteiger partial charge in [-0.25, -0.2) is 4.98 Å². The number of furan rings is 1. The van der Waals surface area contributed by atoms with E-state index < -0.39 is 0 Å². The lowest BCUT2D eigenvalue weighted by Crippen LogP contribution is -2.06. The molecule has 57 heavy (non-hydrogen) atoms. The van der Waals surface area contributed by atoms with Crippen LogP contribution in [0.4, 0.5) is 0 Å². The van der Waals surface area contributed by atoms with Crippen molar-refractivity contribution in [2.75, 3.05) is 0 Å². The predicted octanol–water partition coefficient (Wildman–Crippen LogP) is 13.0. The monoisotopic (exact) mass is 729 g/mol. The molecule has 0 radical (unpaired) electrons. The first-order chi connectivity index (χ1) is 28.3. The predicted molar refractivity (Wildman–Crippen MR) is 232 cm³/mol. The summed E-state index contributed by atoms with van der Waals surface area (Å²) in [6.07, 6.45) is 0. The molecule has 0 saturated heterocycles. The third-order valence-electron chi connectivity index (χ3n) is 11.2. The third-order valence-corrected chi connectivity index (χ3v) is 11.2. The van der Waals surface area contributed by atoms with Gasteiger partial charge in [0.1, 0.15) is 11.2 Å². The van der Waals surface area contributed by atoms with E-state index >= 15 is 0 Å². The summed E-state index contributed by atoms with van der Waals surface area (Å²) in [5.41, 5.74) is 11.2. The Morgan fingerprint density at radius 1 is 0.351 bits per heavy atom. The molecule has 4 heterocycles. The van der Waals surface area contributed by atoms with Crippen LogP contribution in [0.5, 0.6) is 0 Å². The van der Waals surface area contributed by atoms with E-state index in [2.05, 4.69) is 143 Å². The zero-order valence-corrected chi connectivity index (χ0v) is 30.5. The zero-order chi connectivity index (χ0) is 37.5. The molecule has 8 aromatic carbocycles. The molecule has 0 bridgehead atoms. The minimum absolute atomic E-state index is 0.544. The maximum absolute atomic E-state index is 6.31. The van der Waals surface area contributed by atoms with Gasteiger partial charge in [-0.3, -0.25) is 4.57 Å². The second-order valence-electron chi connectivity index (χ2n) is 14.4. The van der Waals surface area contributed by atoms with E-state index in [1.54, 1.807) is 0 Å². The molecule has 0 fully saturated rings. The number of nitrogens with zero attached hydrogens (tertiary/aromatic N) is 5. The van der Waals surface area contributed by atoms with Gasteiger partial charge in [-0.2, -0.15) is 9.97 Å². The summed E-state index contributed by atoms with van der Waals surface area (Å²) in [5.74, 6) is 1.71. The number of aromatic nitrogens is 5. The van der Waals surface area contributed by atoms with Gasteiger partial charge >= 0.3 is 0 Å². The molecule has 0 atom stereocenters. The summed E-state index contributed by atoms with van der Waals surface area (Å²) in [6, 6.07) is 65.6. The van der Waals surface area contributed by atoms with Gasteiger partial charge in [-0.1, -0.05) is 140 Å². The molecule has 0 aliphatic carbocycles. The van der Waals surface area contributed by atoms with E-state index in [1.165, 1.54) is 21.9 Å². The summed E-state index contributed by atoms with van der Waals surface area (Å²) in [5, 5.41) is 6.78. The fraction of sp³-hybridized carbons (Fsp3) is 0. The van der Waals surface area contributed by atoms with Gasteiger partial charge in [-0.05, 0) is 59.7 Å². The number of hydrogen-bond donors (Lipinski definition) is 0. The van der Waals surface area contributed by atoms with Crippen LogP contribution in [0.2, 0.25) is 0 Å². The Hall–Kier alpha value is -7.83. The van der Waals surface area contributed by atoms with E-state index in [9.17, 15) is 0 Å². The Morgan fingerprint density at radius 3 is 1.77 bits per heavy atom. The molecule has 12 aromatic rings. The zero-order valence-electron chi connectivity index (χ0n) is 30.5. The molecule has 0 amide bonds. The summed E-state index contributed by atoms with van der Waals surface area (Å²) >= 11 is 0. The fourth-order valence-corrected chi connectivity index (χ4v) is 8.62. The lowest BCUT2D eigenvalue weighted by molar-refractivity contribution is 0.669. The first-order valence-corrected chi connectivity index (χ1v) is 19.1. The molecule has 4 aromatic heterocycles. The SMILES string of the molecule is c1ccc(-c2cccc(-n3c4ccccc4c4ccc5c(c6ccccc6n5-c5nc(-c6ccccc6)nc(-c6ccc7c(c6)oc6ccccc67)n5)c43)c2)cc1. The summed E-state index contributed by atoms with van der Waals surface area (Å²) in [4.78, 5) is 15.6. The average Bonchev–Trinajstić information content (AvgIpc) is 3.94. The van der Waals surface area contributed by atoms with Crippen LogP contribution in [0.25, 0.3) is 111 Å². The number of fused-ring (bicyclic) bond motifs is 10. The number of para-hydroxylation sites is 3. The van der Waals surface area contributed by atoms with Crippen LogP contribution in [0, 0.1) is 0 Å². The molecule has 0 unspecified atom stereocenters. The lowest BCUT2D eigenvalue weighted by atomic mass is 10.0. The topological polar surface area (TPSA) is 61.7 Å². The summed E-state index contributed by atoms with van der Waals surface area (Å²) < 4.78 is 10.9. The van der Waals surface area contributed by atoms with Gasteiger partial charge < -0.3 is 8.98 Å². The van der Waals surface area contributed by atoms with Gasteiger partial charge in [-0.15, -0.1) is 0 Å². The largest absolute Gasteiger partial charge is 0.456 e. The van der Waals surface area contributed by atoms with Crippen molar-refractivity contribution in [2.24, 2.45) is 0 Å². The van der Waals surface area contributed by atoms with Crippen molar-refractivity contribution < 1.29 is 4.42 Å². The molecular formula is C51H31N5O. The maximum Gasteiger partial charge on any atom is 0.238 e. The van der Waals surface area contributed by atoms with Crippen molar-refractivity contribution in [1.82, 2.24) is 24.1 Å². The van der Waals surface area contributed by atoms with Gasteiger partial charge in [0.15, 0.2) is 11.6 Å². The number of benzene rings is 8. The minimum Gasteiger partial charge on any atom is -0.456 e. The second kappa shape index (κ2) is 12.3. The van der Waals surface area contributed by atoms with Gasteiger partial charge in [0.25, 0.3) is 0 Å². The molecule has 0 N–H and O–H groups in total. The average molecular weight is 730 g/mol. The third kappa shape index (κ3) is 4.87. The van der Waals surface area contributed by atoms with Crippen LogP contribution in [-0.2, 0) is 0 Å². The molecule has 6 nitrogen and oxygen atoms in total. The van der Waals surface area contributed by atoms with Gasteiger partial charge in [0.05, 0.1) is 22.1 Å². The van der Waals surface area contributed by atoms with E-state index in [4.69, 9.17) is 19.4 Å². The molecule has 6 heteroatoms. The molecule has 12 rings (SSSR count). The van der Waals surface area contributed by atoms with E-state index in [0.29, 0.717) is 17.6 Å². The van der Waals surface area contributed by atoms with Gasteiger partial charge in [0, 0.05) is 49.1 Å². The Balaban J connectivity index is 1.15. The van der Waals surface area contributed by atoms with E-state index in [0.717, 1.165) is 71.6 Å². The normalized spacial score (nSPS) is 11.9. The van der Waals surface area contributed by atoms with Crippen molar-refractivity contribution in [1.29, 1.82) is 0 Å². The smallest absolute Gasteiger partial charge is 0.238 e.